The molecule has 0 spiro atoms. The third-order valence-electron chi connectivity index (χ3n) is 1.71. The maximum Gasteiger partial charge on any atom is 0.328 e. The second-order valence-electron chi connectivity index (χ2n) is 2.92. The van der Waals surface area contributed by atoms with E-state index in [4.69, 9.17) is 0 Å². The highest BCUT2D eigenvalue weighted by Gasteiger charge is 2.18. The zero-order valence-corrected chi connectivity index (χ0v) is 8.42. The van der Waals surface area contributed by atoms with Crippen molar-refractivity contribution in [1.82, 2.24) is 5.32 Å². The predicted octanol–water partition coefficient (Wildman–Crippen LogP) is 0.854. The van der Waals surface area contributed by atoms with Crippen LogP contribution >= 0.6 is 0 Å². The monoisotopic (exact) mass is 187 g/mol. The third kappa shape index (κ3) is 5.22. The summed E-state index contributed by atoms with van der Waals surface area (Å²) in [5, 5.41) is 2.55. The first-order valence-electron chi connectivity index (χ1n) is 4.46. The highest BCUT2D eigenvalue weighted by molar-refractivity contribution is 5.83. The third-order valence-corrected chi connectivity index (χ3v) is 1.71. The van der Waals surface area contributed by atoms with E-state index in [0.717, 1.165) is 12.8 Å². The van der Waals surface area contributed by atoms with Gasteiger partial charge in [-0.1, -0.05) is 19.8 Å². The molecule has 0 fully saturated rings. The number of rotatable bonds is 5. The summed E-state index contributed by atoms with van der Waals surface area (Å²) in [7, 11) is 1.32. The molecule has 1 atom stereocenters. The molecule has 0 saturated carbocycles. The fraction of sp³-hybridized carbons (Fsp3) is 0.778. The van der Waals surface area contributed by atoms with Gasteiger partial charge in [-0.2, -0.15) is 0 Å². The Morgan fingerprint density at radius 3 is 2.46 bits per heavy atom. The van der Waals surface area contributed by atoms with Crippen molar-refractivity contribution in [2.24, 2.45) is 0 Å². The van der Waals surface area contributed by atoms with Gasteiger partial charge in [0, 0.05) is 6.92 Å². The van der Waals surface area contributed by atoms with Gasteiger partial charge in [-0.3, -0.25) is 4.79 Å². The molecule has 0 heterocycles. The highest BCUT2D eigenvalue weighted by Crippen LogP contribution is 2.02. The second-order valence-corrected chi connectivity index (χ2v) is 2.92. The van der Waals surface area contributed by atoms with Crippen LogP contribution in [0.1, 0.15) is 33.1 Å². The van der Waals surface area contributed by atoms with Crippen molar-refractivity contribution in [2.75, 3.05) is 7.11 Å². The molecule has 0 saturated heterocycles. The molecule has 13 heavy (non-hydrogen) atoms. The minimum atomic E-state index is -0.484. The van der Waals surface area contributed by atoms with Gasteiger partial charge in [0.15, 0.2) is 0 Å². The van der Waals surface area contributed by atoms with Crippen molar-refractivity contribution in [1.29, 1.82) is 0 Å². The quantitative estimate of drug-likeness (QED) is 0.649. The fourth-order valence-electron chi connectivity index (χ4n) is 1.04. The van der Waals surface area contributed by atoms with E-state index in [9.17, 15) is 9.59 Å². The van der Waals surface area contributed by atoms with Gasteiger partial charge in [0.25, 0.3) is 0 Å². The lowest BCUT2D eigenvalue weighted by Gasteiger charge is -2.14. The molecular formula is C9H17NO3. The Labute approximate surface area is 78.6 Å². The molecule has 1 N–H and O–H groups in total. The lowest BCUT2D eigenvalue weighted by molar-refractivity contribution is -0.145. The van der Waals surface area contributed by atoms with Crippen LogP contribution in [-0.2, 0) is 14.3 Å². The number of ether oxygens (including phenoxy) is 1. The molecule has 0 rings (SSSR count). The average molecular weight is 187 g/mol. The molecule has 0 bridgehead atoms. The van der Waals surface area contributed by atoms with Crippen LogP contribution in [-0.4, -0.2) is 25.0 Å². The van der Waals surface area contributed by atoms with E-state index in [0.29, 0.717) is 6.42 Å². The zero-order chi connectivity index (χ0) is 10.3. The summed E-state index contributed by atoms with van der Waals surface area (Å²) >= 11 is 0. The number of amides is 1. The molecule has 0 aromatic carbocycles. The molecule has 0 aromatic rings. The van der Waals surface area contributed by atoms with E-state index in [1.165, 1.54) is 14.0 Å². The summed E-state index contributed by atoms with van der Waals surface area (Å²) in [6, 6.07) is -0.484. The predicted molar refractivity (Wildman–Crippen MR) is 49.1 cm³/mol. The summed E-state index contributed by atoms with van der Waals surface area (Å²) in [5.74, 6) is -0.574. The Kier molecular flexibility index (Phi) is 5.93. The summed E-state index contributed by atoms with van der Waals surface area (Å²) in [6.07, 6.45) is 2.54. The Morgan fingerprint density at radius 2 is 2.08 bits per heavy atom. The first-order chi connectivity index (χ1) is 6.11. The van der Waals surface area contributed by atoms with Crippen molar-refractivity contribution in [3.05, 3.63) is 0 Å². The Hall–Kier alpha value is -1.06. The van der Waals surface area contributed by atoms with E-state index < -0.39 is 6.04 Å². The van der Waals surface area contributed by atoms with E-state index in [2.05, 4.69) is 10.1 Å². The van der Waals surface area contributed by atoms with Crippen molar-refractivity contribution in [3.63, 3.8) is 0 Å². The maximum atomic E-state index is 11.1. The van der Waals surface area contributed by atoms with E-state index in [-0.39, 0.29) is 11.9 Å². The zero-order valence-electron chi connectivity index (χ0n) is 8.42. The topological polar surface area (TPSA) is 55.4 Å². The molecule has 0 unspecified atom stereocenters. The molecule has 76 valence electrons. The van der Waals surface area contributed by atoms with Crippen molar-refractivity contribution in [3.8, 4) is 0 Å². The molecule has 0 aliphatic heterocycles. The lowest BCUT2D eigenvalue weighted by Crippen LogP contribution is -2.40. The van der Waals surface area contributed by atoms with Crippen molar-refractivity contribution < 1.29 is 14.3 Å². The molecule has 1 amide bonds. The normalized spacial score (nSPS) is 11.9. The smallest absolute Gasteiger partial charge is 0.328 e. The minimum Gasteiger partial charge on any atom is -0.467 e. The number of carbonyl (C=O) groups excluding carboxylic acids is 2. The van der Waals surface area contributed by atoms with Crippen LogP contribution in [0.2, 0.25) is 0 Å². The number of methoxy groups -OCH3 is 1. The molecule has 4 nitrogen and oxygen atoms in total. The van der Waals surface area contributed by atoms with Gasteiger partial charge < -0.3 is 10.1 Å². The Bertz CT molecular complexity index is 180. The van der Waals surface area contributed by atoms with Crippen LogP contribution in [0, 0.1) is 0 Å². The SMILES string of the molecule is CCCC[C@H](NC(C)=O)C(=O)OC. The van der Waals surface area contributed by atoms with Gasteiger partial charge in [0.2, 0.25) is 5.91 Å². The van der Waals surface area contributed by atoms with Crippen LogP contribution in [0.25, 0.3) is 0 Å². The van der Waals surface area contributed by atoms with Gasteiger partial charge >= 0.3 is 5.97 Å². The van der Waals surface area contributed by atoms with Gasteiger partial charge in [-0.25, -0.2) is 4.79 Å². The van der Waals surface area contributed by atoms with Crippen LogP contribution in [0.3, 0.4) is 0 Å². The first kappa shape index (κ1) is 11.9. The number of esters is 1. The molecule has 0 aromatic heterocycles. The first-order valence-corrected chi connectivity index (χ1v) is 4.46. The summed E-state index contributed by atoms with van der Waals surface area (Å²) in [4.78, 5) is 21.8. The van der Waals surface area contributed by atoms with Gasteiger partial charge in [0.05, 0.1) is 7.11 Å². The Balaban J connectivity index is 4.02. The van der Waals surface area contributed by atoms with Crippen LogP contribution in [0.4, 0.5) is 0 Å². The largest absolute Gasteiger partial charge is 0.467 e. The molecule has 0 aliphatic rings. The number of hydrogen-bond donors (Lipinski definition) is 1. The van der Waals surface area contributed by atoms with Crippen molar-refractivity contribution in [2.45, 2.75) is 39.2 Å². The number of hydrogen-bond acceptors (Lipinski definition) is 3. The molecule has 0 aliphatic carbocycles. The number of unbranched alkanes of at least 4 members (excludes halogenated alkanes) is 1. The molecule has 4 heteroatoms. The highest BCUT2D eigenvalue weighted by atomic mass is 16.5. The van der Waals surface area contributed by atoms with Gasteiger partial charge in [0.1, 0.15) is 6.04 Å². The molecule has 0 radical (unpaired) electrons. The molecular weight excluding hydrogens is 170 g/mol. The average Bonchev–Trinajstić information content (AvgIpc) is 2.10. The van der Waals surface area contributed by atoms with Crippen LogP contribution in [0.5, 0.6) is 0 Å². The lowest BCUT2D eigenvalue weighted by atomic mass is 10.1. The number of nitrogens with one attached hydrogen (secondary N) is 1. The van der Waals surface area contributed by atoms with E-state index in [1.807, 2.05) is 6.92 Å². The summed E-state index contributed by atoms with van der Waals surface area (Å²) < 4.78 is 4.56. The minimum absolute atomic E-state index is 0.202. The Morgan fingerprint density at radius 1 is 1.46 bits per heavy atom. The standard InChI is InChI=1S/C9H17NO3/c1-4-5-6-8(9(12)13-3)10-7(2)11/h8H,4-6H2,1-3H3,(H,10,11)/t8-/m0/s1. The van der Waals surface area contributed by atoms with Crippen LogP contribution < -0.4 is 5.32 Å². The van der Waals surface area contributed by atoms with Gasteiger partial charge in [-0.15, -0.1) is 0 Å². The summed E-state index contributed by atoms with van der Waals surface area (Å²) in [6.45, 7) is 3.42. The van der Waals surface area contributed by atoms with Crippen LogP contribution in [0.15, 0.2) is 0 Å². The maximum absolute atomic E-state index is 11.1. The van der Waals surface area contributed by atoms with Gasteiger partial charge in [-0.05, 0) is 6.42 Å². The van der Waals surface area contributed by atoms with Crippen molar-refractivity contribution >= 4 is 11.9 Å². The second kappa shape index (κ2) is 6.46. The number of carbonyl (C=O) groups is 2. The fourth-order valence-corrected chi connectivity index (χ4v) is 1.04. The van der Waals surface area contributed by atoms with E-state index >= 15 is 0 Å². The summed E-state index contributed by atoms with van der Waals surface area (Å²) in [5.41, 5.74) is 0. The van der Waals surface area contributed by atoms with E-state index in [1.54, 1.807) is 0 Å².